The summed E-state index contributed by atoms with van der Waals surface area (Å²) in [5, 5.41) is 6.56. The third-order valence-corrected chi connectivity index (χ3v) is 6.11. The van der Waals surface area contributed by atoms with E-state index in [0.29, 0.717) is 32.8 Å². The van der Waals surface area contributed by atoms with Crippen LogP contribution in [0, 0.1) is 0 Å². The van der Waals surface area contributed by atoms with Gasteiger partial charge < -0.3 is 15.4 Å². The van der Waals surface area contributed by atoms with Crippen molar-refractivity contribution in [3.8, 4) is 0 Å². The number of aryl methyl sites for hydroxylation is 1. The Labute approximate surface area is 195 Å². The normalized spacial score (nSPS) is 10.8. The lowest BCUT2D eigenvalue weighted by Crippen LogP contribution is -2.38. The van der Waals surface area contributed by atoms with E-state index in [-0.39, 0.29) is 31.5 Å². The zero-order valence-electron chi connectivity index (χ0n) is 17.6. The van der Waals surface area contributed by atoms with Gasteiger partial charge in [0.25, 0.3) is 0 Å². The molecule has 10 heteroatoms. The smallest absolute Gasteiger partial charge is 0.341 e. The number of esters is 1. The van der Waals surface area contributed by atoms with Crippen molar-refractivity contribution < 1.29 is 19.1 Å². The molecule has 7 nitrogen and oxygen atoms in total. The average Bonchev–Trinajstić information content (AvgIpc) is 3.13. The fourth-order valence-corrected chi connectivity index (χ4v) is 4.21. The number of para-hydroxylation sites is 1. The van der Waals surface area contributed by atoms with Gasteiger partial charge in [-0.2, -0.15) is 0 Å². The zero-order chi connectivity index (χ0) is 23.0. The molecule has 1 heterocycles. The molecule has 1 aromatic heterocycles. The number of hydrogen-bond acceptors (Lipinski definition) is 6. The number of rotatable bonds is 10. The summed E-state index contributed by atoms with van der Waals surface area (Å²) >= 11 is 13.5. The molecule has 2 aromatic rings. The molecule has 2 amide bonds. The molecule has 2 N–H and O–H groups in total. The van der Waals surface area contributed by atoms with Crippen LogP contribution in [0.15, 0.2) is 24.3 Å². The van der Waals surface area contributed by atoms with Crippen molar-refractivity contribution in [2.24, 2.45) is 0 Å². The molecule has 31 heavy (non-hydrogen) atoms. The minimum absolute atomic E-state index is 0.0260. The molecule has 2 rings (SSSR count). The van der Waals surface area contributed by atoms with Gasteiger partial charge in [-0.05, 0) is 38.1 Å². The Kier molecular flexibility index (Phi) is 9.77. The fourth-order valence-electron chi connectivity index (χ4n) is 2.72. The Morgan fingerprint density at radius 2 is 1.65 bits per heavy atom. The molecule has 0 bridgehead atoms. The van der Waals surface area contributed by atoms with Crippen LogP contribution in [0.3, 0.4) is 0 Å². The highest BCUT2D eigenvalue weighted by Crippen LogP contribution is 2.30. The van der Waals surface area contributed by atoms with Crippen molar-refractivity contribution in [1.29, 1.82) is 0 Å². The van der Waals surface area contributed by atoms with Crippen molar-refractivity contribution in [2.45, 2.75) is 27.2 Å². The van der Waals surface area contributed by atoms with Gasteiger partial charge in [0.1, 0.15) is 5.00 Å². The van der Waals surface area contributed by atoms with Crippen molar-refractivity contribution in [3.63, 3.8) is 0 Å². The van der Waals surface area contributed by atoms with Crippen molar-refractivity contribution in [1.82, 2.24) is 4.90 Å². The van der Waals surface area contributed by atoms with Gasteiger partial charge in [-0.25, -0.2) is 4.79 Å². The minimum Gasteiger partial charge on any atom is -0.462 e. The largest absolute Gasteiger partial charge is 0.462 e. The summed E-state index contributed by atoms with van der Waals surface area (Å²) in [4.78, 5) is 39.8. The Hall–Kier alpha value is -2.13. The molecule has 0 aliphatic heterocycles. The molecule has 0 aliphatic carbocycles. The van der Waals surface area contributed by atoms with Gasteiger partial charge in [-0.1, -0.05) is 43.1 Å². The van der Waals surface area contributed by atoms with E-state index < -0.39 is 5.97 Å². The Morgan fingerprint density at radius 3 is 2.19 bits per heavy atom. The summed E-state index contributed by atoms with van der Waals surface area (Å²) in [5.74, 6) is -1.15. The van der Waals surface area contributed by atoms with Crippen LogP contribution in [0.1, 0.15) is 36.0 Å². The Balaban J connectivity index is 2.01. The molecule has 0 radical (unpaired) electrons. The summed E-state index contributed by atoms with van der Waals surface area (Å²) in [6.45, 7) is 6.19. The summed E-state index contributed by atoms with van der Waals surface area (Å²) in [6, 6.07) is 6.67. The lowest BCUT2D eigenvalue weighted by molar-refractivity contribution is -0.119. The fraction of sp³-hybridized carbons (Fsp3) is 0.381. The van der Waals surface area contributed by atoms with Crippen LogP contribution >= 0.6 is 34.5 Å². The van der Waals surface area contributed by atoms with E-state index in [2.05, 4.69) is 10.6 Å². The number of carbonyl (C=O) groups is 3. The third kappa shape index (κ3) is 7.21. The maximum Gasteiger partial charge on any atom is 0.341 e. The van der Waals surface area contributed by atoms with E-state index in [1.807, 2.05) is 13.8 Å². The van der Waals surface area contributed by atoms with E-state index in [1.54, 1.807) is 36.1 Å². The van der Waals surface area contributed by atoms with Gasteiger partial charge in [-0.3, -0.25) is 14.5 Å². The molecule has 0 spiro atoms. The minimum atomic E-state index is -0.475. The molecule has 0 atom stereocenters. The van der Waals surface area contributed by atoms with Crippen LogP contribution in [0.2, 0.25) is 10.0 Å². The summed E-state index contributed by atoms with van der Waals surface area (Å²) in [6.07, 6.45) is 0.735. The van der Waals surface area contributed by atoms with Gasteiger partial charge >= 0.3 is 5.97 Å². The maximum absolute atomic E-state index is 12.6. The van der Waals surface area contributed by atoms with Gasteiger partial charge in [-0.15, -0.1) is 11.3 Å². The van der Waals surface area contributed by atoms with Gasteiger partial charge in [0, 0.05) is 4.88 Å². The van der Waals surface area contributed by atoms with Crippen LogP contribution in [-0.4, -0.2) is 48.9 Å². The van der Waals surface area contributed by atoms with E-state index in [0.717, 1.165) is 11.3 Å². The van der Waals surface area contributed by atoms with Gasteiger partial charge in [0.05, 0.1) is 41.0 Å². The van der Waals surface area contributed by atoms with Gasteiger partial charge in [0.15, 0.2) is 0 Å². The number of halogens is 2. The number of ether oxygens (including phenoxy) is 1. The van der Waals surface area contributed by atoms with E-state index >= 15 is 0 Å². The van der Waals surface area contributed by atoms with E-state index in [4.69, 9.17) is 27.9 Å². The first-order valence-corrected chi connectivity index (χ1v) is 11.4. The third-order valence-electron chi connectivity index (χ3n) is 4.29. The second-order valence-corrected chi connectivity index (χ2v) is 8.48. The number of likely N-dealkylation sites (N-methyl/N-ethyl adjacent to an activating group) is 1. The lowest BCUT2D eigenvalue weighted by atomic mass is 10.2. The second kappa shape index (κ2) is 12.0. The molecule has 168 valence electrons. The van der Waals surface area contributed by atoms with Crippen molar-refractivity contribution in [3.05, 3.63) is 44.8 Å². The van der Waals surface area contributed by atoms with Crippen molar-refractivity contribution >= 4 is 63.0 Å². The maximum atomic E-state index is 12.6. The van der Waals surface area contributed by atoms with Crippen LogP contribution < -0.4 is 10.6 Å². The molecule has 0 unspecified atom stereocenters. The van der Waals surface area contributed by atoms with E-state index in [9.17, 15) is 14.4 Å². The summed E-state index contributed by atoms with van der Waals surface area (Å²) in [5.41, 5.74) is 0.673. The Morgan fingerprint density at radius 1 is 1.03 bits per heavy atom. The molecular formula is C21H25Cl2N3O4S. The second-order valence-electron chi connectivity index (χ2n) is 6.53. The predicted octanol–water partition coefficient (Wildman–Crippen LogP) is 4.69. The lowest BCUT2D eigenvalue weighted by Gasteiger charge is -2.19. The van der Waals surface area contributed by atoms with Crippen LogP contribution in [0.4, 0.5) is 10.7 Å². The van der Waals surface area contributed by atoms with Crippen LogP contribution in [0.5, 0.6) is 0 Å². The number of thiophene rings is 1. The zero-order valence-corrected chi connectivity index (χ0v) is 19.9. The Bertz CT molecular complexity index is 928. The SMILES string of the molecule is CCOC(=O)c1cc(CC)sc1NC(=O)CN(CC)CC(=O)Nc1c(Cl)cccc1Cl. The quantitative estimate of drug-likeness (QED) is 0.476. The number of benzene rings is 1. The highest BCUT2D eigenvalue weighted by molar-refractivity contribution is 7.16. The number of hydrogen-bond donors (Lipinski definition) is 2. The summed E-state index contributed by atoms with van der Waals surface area (Å²) < 4.78 is 5.07. The number of amides is 2. The average molecular weight is 486 g/mol. The molecule has 0 fully saturated rings. The van der Waals surface area contributed by atoms with E-state index in [1.165, 1.54) is 11.3 Å². The first-order chi connectivity index (χ1) is 14.8. The topological polar surface area (TPSA) is 87.7 Å². The number of carbonyl (C=O) groups excluding carboxylic acids is 3. The van der Waals surface area contributed by atoms with Gasteiger partial charge in [0.2, 0.25) is 11.8 Å². The van der Waals surface area contributed by atoms with Crippen LogP contribution in [0.25, 0.3) is 0 Å². The first kappa shape index (κ1) is 25.1. The summed E-state index contributed by atoms with van der Waals surface area (Å²) in [7, 11) is 0. The molecule has 0 saturated carbocycles. The number of anilines is 2. The molecule has 0 aliphatic rings. The van der Waals surface area contributed by atoms with Crippen molar-refractivity contribution in [2.75, 3.05) is 36.9 Å². The highest BCUT2D eigenvalue weighted by Gasteiger charge is 2.20. The predicted molar refractivity (Wildman–Crippen MR) is 125 cm³/mol. The first-order valence-electron chi connectivity index (χ1n) is 9.84. The highest BCUT2D eigenvalue weighted by atomic mass is 35.5. The molecule has 0 saturated heterocycles. The van der Waals surface area contributed by atoms with Crippen LogP contribution in [-0.2, 0) is 20.7 Å². The standard InChI is InChI=1S/C21H25Cl2N3O4S/c1-4-13-10-14(21(29)30-6-3)20(31-13)25-18(28)12-26(5-2)11-17(27)24-19-15(22)8-7-9-16(19)23/h7-10H,4-6,11-12H2,1-3H3,(H,24,27)(H,25,28). The molecular weight excluding hydrogens is 461 g/mol. The number of nitrogens with zero attached hydrogens (tertiary/aromatic N) is 1. The molecule has 1 aromatic carbocycles. The number of nitrogens with one attached hydrogen (secondary N) is 2. The monoisotopic (exact) mass is 485 g/mol.